The fourth-order valence-corrected chi connectivity index (χ4v) is 3.15. The van der Waals surface area contributed by atoms with Crippen LogP contribution in [0.5, 0.6) is 0 Å². The van der Waals surface area contributed by atoms with Crippen LogP contribution in [0.15, 0.2) is 66.9 Å². The highest BCUT2D eigenvalue weighted by Crippen LogP contribution is 2.20. The summed E-state index contributed by atoms with van der Waals surface area (Å²) in [7, 11) is 0. The number of nitrogens with one attached hydrogen (secondary N) is 1. The third-order valence-corrected chi connectivity index (χ3v) is 4.85. The maximum Gasteiger partial charge on any atom is 0.251 e. The van der Waals surface area contributed by atoms with E-state index in [-0.39, 0.29) is 11.8 Å². The Hall–Kier alpha value is -3.54. The molecular weight excluding hydrogens is 350 g/mol. The molecular formula is C22H21N5O. The number of fused-ring (bicyclic) bond motifs is 1. The van der Waals surface area contributed by atoms with Gasteiger partial charge in [-0.3, -0.25) is 4.79 Å². The van der Waals surface area contributed by atoms with Crippen LogP contribution in [0.2, 0.25) is 0 Å². The van der Waals surface area contributed by atoms with Crippen LogP contribution < -0.4 is 5.32 Å². The number of benzene rings is 2. The highest BCUT2D eigenvalue weighted by molar-refractivity contribution is 5.95. The number of nitrogens with zero attached hydrogens (tertiary/aromatic N) is 4. The van der Waals surface area contributed by atoms with Crippen LogP contribution in [-0.4, -0.2) is 32.4 Å². The van der Waals surface area contributed by atoms with Crippen molar-refractivity contribution >= 4 is 17.1 Å². The average Bonchev–Trinajstić information content (AvgIpc) is 3.16. The summed E-state index contributed by atoms with van der Waals surface area (Å²) in [5.74, 6) is 0.125. The zero-order valence-corrected chi connectivity index (χ0v) is 15.8. The smallest absolute Gasteiger partial charge is 0.251 e. The van der Waals surface area contributed by atoms with Crippen LogP contribution in [0.1, 0.15) is 34.3 Å². The van der Waals surface area contributed by atoms with Gasteiger partial charge < -0.3 is 5.32 Å². The first kappa shape index (κ1) is 17.9. The standard InChI is InChI=1S/C22H21N5O/c1-15-10-11-18(22(28)24-14-16(2)17-7-4-3-5-8-17)13-20(15)27-21-19(25-26-27)9-6-12-23-21/h3-13,16H,14H2,1-2H3,(H,24,28)/t16-/m0/s1. The van der Waals surface area contributed by atoms with E-state index in [0.717, 1.165) is 11.3 Å². The van der Waals surface area contributed by atoms with Crippen LogP contribution in [0.25, 0.3) is 16.9 Å². The number of carbonyl (C=O) groups excluding carboxylic acids is 1. The molecule has 0 saturated carbocycles. The molecule has 4 aromatic rings. The molecule has 6 heteroatoms. The maximum atomic E-state index is 12.7. The molecule has 2 aromatic heterocycles. The van der Waals surface area contributed by atoms with Gasteiger partial charge in [0.05, 0.1) is 5.69 Å². The van der Waals surface area contributed by atoms with E-state index in [4.69, 9.17) is 0 Å². The Morgan fingerprint density at radius 3 is 2.75 bits per heavy atom. The fourth-order valence-electron chi connectivity index (χ4n) is 3.15. The van der Waals surface area contributed by atoms with Crippen molar-refractivity contribution in [1.82, 2.24) is 25.3 Å². The molecule has 140 valence electrons. The van der Waals surface area contributed by atoms with Crippen LogP contribution in [-0.2, 0) is 0 Å². The number of pyridine rings is 1. The summed E-state index contributed by atoms with van der Waals surface area (Å²) in [6.07, 6.45) is 1.71. The molecule has 2 aromatic carbocycles. The fraction of sp³-hybridized carbons (Fsp3) is 0.182. The van der Waals surface area contributed by atoms with Crippen molar-refractivity contribution in [3.8, 4) is 5.69 Å². The molecule has 0 radical (unpaired) electrons. The lowest BCUT2D eigenvalue weighted by molar-refractivity contribution is 0.0951. The second-order valence-corrected chi connectivity index (χ2v) is 6.87. The number of carbonyl (C=O) groups is 1. The number of aryl methyl sites for hydroxylation is 1. The molecule has 28 heavy (non-hydrogen) atoms. The highest BCUT2D eigenvalue weighted by atomic mass is 16.1. The van der Waals surface area contributed by atoms with E-state index in [0.29, 0.717) is 23.3 Å². The van der Waals surface area contributed by atoms with Gasteiger partial charge in [-0.05, 0) is 48.2 Å². The Morgan fingerprint density at radius 2 is 1.93 bits per heavy atom. The van der Waals surface area contributed by atoms with Crippen molar-refractivity contribution in [2.24, 2.45) is 0 Å². The van der Waals surface area contributed by atoms with Gasteiger partial charge >= 0.3 is 0 Å². The zero-order chi connectivity index (χ0) is 19.5. The summed E-state index contributed by atoms with van der Waals surface area (Å²) in [5, 5.41) is 11.4. The van der Waals surface area contributed by atoms with Gasteiger partial charge in [0.2, 0.25) is 0 Å². The molecule has 6 nitrogen and oxygen atoms in total. The minimum atomic E-state index is -0.110. The zero-order valence-electron chi connectivity index (χ0n) is 15.8. The topological polar surface area (TPSA) is 72.7 Å². The highest BCUT2D eigenvalue weighted by Gasteiger charge is 2.14. The van der Waals surface area contributed by atoms with Crippen LogP contribution in [0, 0.1) is 6.92 Å². The van der Waals surface area contributed by atoms with Gasteiger partial charge in [-0.1, -0.05) is 48.5 Å². The molecule has 1 atom stereocenters. The van der Waals surface area contributed by atoms with Crippen molar-refractivity contribution in [1.29, 1.82) is 0 Å². The number of rotatable bonds is 5. The van der Waals surface area contributed by atoms with E-state index in [9.17, 15) is 4.79 Å². The van der Waals surface area contributed by atoms with Crippen molar-refractivity contribution < 1.29 is 4.79 Å². The van der Waals surface area contributed by atoms with E-state index < -0.39 is 0 Å². The Bertz CT molecular complexity index is 1120. The monoisotopic (exact) mass is 371 g/mol. The summed E-state index contributed by atoms with van der Waals surface area (Å²) in [6.45, 7) is 4.65. The van der Waals surface area contributed by atoms with Crippen molar-refractivity contribution in [2.45, 2.75) is 19.8 Å². The molecule has 1 N–H and O–H groups in total. The summed E-state index contributed by atoms with van der Waals surface area (Å²) < 4.78 is 1.67. The molecule has 0 bridgehead atoms. The maximum absolute atomic E-state index is 12.7. The Labute approximate surface area is 163 Å². The van der Waals surface area contributed by atoms with Gasteiger partial charge in [0.15, 0.2) is 5.65 Å². The molecule has 0 spiro atoms. The van der Waals surface area contributed by atoms with Crippen LogP contribution in [0.3, 0.4) is 0 Å². The van der Waals surface area contributed by atoms with Gasteiger partial charge in [0.25, 0.3) is 5.91 Å². The molecule has 0 aliphatic rings. The number of hydrogen-bond donors (Lipinski definition) is 1. The first-order valence-corrected chi connectivity index (χ1v) is 9.24. The lowest BCUT2D eigenvalue weighted by Gasteiger charge is -2.14. The van der Waals surface area contributed by atoms with Gasteiger partial charge in [0, 0.05) is 18.3 Å². The lowest BCUT2D eigenvalue weighted by Crippen LogP contribution is -2.27. The predicted octanol–water partition coefficient (Wildman–Crippen LogP) is 3.66. The van der Waals surface area contributed by atoms with Gasteiger partial charge in [0.1, 0.15) is 5.52 Å². The Balaban J connectivity index is 1.56. The summed E-state index contributed by atoms with van der Waals surface area (Å²) >= 11 is 0. The Kier molecular flexibility index (Phi) is 4.85. The summed E-state index contributed by atoms with van der Waals surface area (Å²) in [6, 6.07) is 19.4. The molecule has 0 unspecified atom stereocenters. The van der Waals surface area contributed by atoms with Gasteiger partial charge in [-0.15, -0.1) is 5.10 Å². The minimum Gasteiger partial charge on any atom is -0.351 e. The minimum absolute atomic E-state index is 0.110. The first-order valence-electron chi connectivity index (χ1n) is 9.24. The van der Waals surface area contributed by atoms with E-state index in [1.807, 2.05) is 55.5 Å². The normalized spacial score (nSPS) is 12.1. The van der Waals surface area contributed by atoms with E-state index in [1.165, 1.54) is 5.56 Å². The SMILES string of the molecule is Cc1ccc(C(=O)NC[C@H](C)c2ccccc2)cc1-n1nnc2cccnc21. The van der Waals surface area contributed by atoms with Crippen molar-refractivity contribution in [3.05, 3.63) is 83.6 Å². The molecule has 0 aliphatic heterocycles. The van der Waals surface area contributed by atoms with Crippen molar-refractivity contribution in [3.63, 3.8) is 0 Å². The second-order valence-electron chi connectivity index (χ2n) is 6.87. The largest absolute Gasteiger partial charge is 0.351 e. The quantitative estimate of drug-likeness (QED) is 0.581. The number of aromatic nitrogens is 4. The number of hydrogen-bond acceptors (Lipinski definition) is 4. The van der Waals surface area contributed by atoms with Gasteiger partial charge in [-0.25, -0.2) is 4.98 Å². The molecule has 2 heterocycles. The molecule has 1 amide bonds. The van der Waals surface area contributed by atoms with E-state index >= 15 is 0 Å². The number of amides is 1. The van der Waals surface area contributed by atoms with Crippen molar-refractivity contribution in [2.75, 3.05) is 6.54 Å². The molecule has 0 saturated heterocycles. The van der Waals surface area contributed by atoms with Crippen LogP contribution >= 0.6 is 0 Å². The van der Waals surface area contributed by atoms with E-state index in [2.05, 4.69) is 39.7 Å². The second kappa shape index (κ2) is 7.60. The first-order chi connectivity index (χ1) is 13.6. The molecule has 0 aliphatic carbocycles. The lowest BCUT2D eigenvalue weighted by atomic mass is 10.0. The summed E-state index contributed by atoms with van der Waals surface area (Å²) in [4.78, 5) is 17.1. The molecule has 4 rings (SSSR count). The van der Waals surface area contributed by atoms with E-state index in [1.54, 1.807) is 10.9 Å². The summed E-state index contributed by atoms with van der Waals surface area (Å²) in [5.41, 5.74) is 4.96. The predicted molar refractivity (Wildman–Crippen MR) is 109 cm³/mol. The molecule has 0 fully saturated rings. The third kappa shape index (κ3) is 3.49. The van der Waals surface area contributed by atoms with Gasteiger partial charge in [-0.2, -0.15) is 4.68 Å². The van der Waals surface area contributed by atoms with Crippen LogP contribution in [0.4, 0.5) is 0 Å². The third-order valence-electron chi connectivity index (χ3n) is 4.85. The Morgan fingerprint density at radius 1 is 1.11 bits per heavy atom. The average molecular weight is 371 g/mol.